The van der Waals surface area contributed by atoms with Gasteiger partial charge in [-0.1, -0.05) is 27.7 Å². The molecule has 3 heteroatoms. The van der Waals surface area contributed by atoms with Gasteiger partial charge in [0.2, 0.25) is 5.91 Å². The fraction of sp³-hybridized carbons (Fsp3) is 0.833. The van der Waals surface area contributed by atoms with Crippen LogP contribution < -0.4 is 5.32 Å². The average Bonchev–Trinajstić information content (AvgIpc) is 2.92. The lowest BCUT2D eigenvalue weighted by Crippen LogP contribution is -2.37. The second kappa shape index (κ2) is 3.84. The molecule has 0 aliphatic heterocycles. The van der Waals surface area contributed by atoms with E-state index in [2.05, 4.69) is 39.1 Å². The van der Waals surface area contributed by atoms with E-state index in [1.54, 1.807) is 0 Å². The Kier molecular flexibility index (Phi) is 3.08. The van der Waals surface area contributed by atoms with Crippen molar-refractivity contribution in [2.45, 2.75) is 40.5 Å². The van der Waals surface area contributed by atoms with Crippen molar-refractivity contribution in [3.63, 3.8) is 0 Å². The molecule has 0 spiro atoms. The van der Waals surface area contributed by atoms with Crippen molar-refractivity contribution >= 4 is 5.91 Å². The minimum absolute atomic E-state index is 0.0823. The number of nitrogens with zero attached hydrogens (tertiary/aromatic N) is 1. The van der Waals surface area contributed by atoms with Crippen LogP contribution in [0.4, 0.5) is 0 Å². The van der Waals surface area contributed by atoms with Crippen molar-refractivity contribution in [1.82, 2.24) is 5.32 Å². The summed E-state index contributed by atoms with van der Waals surface area (Å²) in [5.41, 5.74) is -0.492. The smallest absolute Gasteiger partial charge is 0.240 e. The Morgan fingerprint density at radius 1 is 1.53 bits per heavy atom. The molecule has 1 rings (SSSR count). The number of carbonyl (C=O) groups excluding carboxylic acids is 1. The van der Waals surface area contributed by atoms with E-state index in [-0.39, 0.29) is 11.3 Å². The maximum absolute atomic E-state index is 11.7. The van der Waals surface area contributed by atoms with Gasteiger partial charge in [0, 0.05) is 6.54 Å². The highest BCUT2D eigenvalue weighted by molar-refractivity contribution is 5.88. The summed E-state index contributed by atoms with van der Waals surface area (Å²) in [5.74, 6) is 0.331. The van der Waals surface area contributed by atoms with Crippen LogP contribution in [0, 0.1) is 28.1 Å². The molecule has 0 aromatic heterocycles. The quantitative estimate of drug-likeness (QED) is 0.772. The fourth-order valence-electron chi connectivity index (χ4n) is 1.24. The van der Waals surface area contributed by atoms with Gasteiger partial charge < -0.3 is 5.32 Å². The molecule has 1 amide bonds. The molecule has 0 bridgehead atoms. The third-order valence-corrected chi connectivity index (χ3v) is 3.45. The van der Waals surface area contributed by atoms with E-state index in [4.69, 9.17) is 5.26 Å². The van der Waals surface area contributed by atoms with Gasteiger partial charge in [-0.2, -0.15) is 5.26 Å². The van der Waals surface area contributed by atoms with Crippen LogP contribution in [0.1, 0.15) is 40.5 Å². The Morgan fingerprint density at radius 2 is 2.07 bits per heavy atom. The van der Waals surface area contributed by atoms with Crippen molar-refractivity contribution in [3.05, 3.63) is 0 Å². The number of carbonyl (C=O) groups is 1. The van der Waals surface area contributed by atoms with Gasteiger partial charge in [-0.3, -0.25) is 4.79 Å². The number of rotatable bonds is 3. The largest absolute Gasteiger partial charge is 0.354 e. The molecule has 0 radical (unpaired) electrons. The lowest BCUT2D eigenvalue weighted by atomic mass is 9.82. The van der Waals surface area contributed by atoms with Crippen molar-refractivity contribution in [3.8, 4) is 6.07 Å². The van der Waals surface area contributed by atoms with Crippen LogP contribution in [0.2, 0.25) is 0 Å². The van der Waals surface area contributed by atoms with E-state index in [0.29, 0.717) is 12.5 Å². The minimum atomic E-state index is -0.683. The van der Waals surface area contributed by atoms with Crippen LogP contribution in [0.3, 0.4) is 0 Å². The Morgan fingerprint density at radius 3 is 2.40 bits per heavy atom. The molecule has 0 aromatic rings. The van der Waals surface area contributed by atoms with Gasteiger partial charge in [0.25, 0.3) is 0 Å². The monoisotopic (exact) mass is 208 g/mol. The first-order chi connectivity index (χ1) is 6.82. The Balaban J connectivity index is 2.39. The molecular formula is C12H20N2O. The molecule has 1 unspecified atom stereocenters. The highest BCUT2D eigenvalue weighted by Gasteiger charge is 2.50. The van der Waals surface area contributed by atoms with Gasteiger partial charge in [0.1, 0.15) is 5.41 Å². The molecule has 1 aliphatic rings. The van der Waals surface area contributed by atoms with Crippen LogP contribution >= 0.6 is 0 Å². The summed E-state index contributed by atoms with van der Waals surface area (Å²) in [5, 5.41) is 11.7. The highest BCUT2D eigenvalue weighted by atomic mass is 16.2. The zero-order chi connectivity index (χ0) is 11.7. The molecule has 1 N–H and O–H groups in total. The first-order valence-electron chi connectivity index (χ1n) is 5.51. The van der Waals surface area contributed by atoms with Crippen molar-refractivity contribution < 1.29 is 4.79 Å². The molecule has 0 heterocycles. The number of nitriles is 1. The summed E-state index contributed by atoms with van der Waals surface area (Å²) in [6, 6.07) is 2.10. The summed E-state index contributed by atoms with van der Waals surface area (Å²) in [6.45, 7) is 9.24. The molecule has 3 nitrogen and oxygen atoms in total. The zero-order valence-corrected chi connectivity index (χ0v) is 10.1. The van der Waals surface area contributed by atoms with E-state index in [0.717, 1.165) is 12.8 Å². The van der Waals surface area contributed by atoms with Crippen LogP contribution in [-0.4, -0.2) is 12.5 Å². The maximum atomic E-state index is 11.7. The molecule has 0 saturated heterocycles. The molecule has 84 valence electrons. The molecule has 1 saturated carbocycles. The van der Waals surface area contributed by atoms with Gasteiger partial charge in [0.05, 0.1) is 6.07 Å². The summed E-state index contributed by atoms with van der Waals surface area (Å²) in [6.07, 6.45) is 1.44. The SMILES string of the molecule is CC(CNC(=O)C1(C#N)CC1)C(C)(C)C. The van der Waals surface area contributed by atoms with Gasteiger partial charge in [-0.05, 0) is 24.2 Å². The van der Waals surface area contributed by atoms with E-state index in [1.807, 2.05) is 0 Å². The van der Waals surface area contributed by atoms with Crippen molar-refractivity contribution in [1.29, 1.82) is 5.26 Å². The van der Waals surface area contributed by atoms with Gasteiger partial charge in [-0.15, -0.1) is 0 Å². The summed E-state index contributed by atoms with van der Waals surface area (Å²) in [7, 11) is 0. The summed E-state index contributed by atoms with van der Waals surface area (Å²) < 4.78 is 0. The Hall–Kier alpha value is -1.04. The van der Waals surface area contributed by atoms with E-state index in [1.165, 1.54) is 0 Å². The number of amides is 1. The van der Waals surface area contributed by atoms with Crippen LogP contribution in [-0.2, 0) is 4.79 Å². The number of hydrogen-bond acceptors (Lipinski definition) is 2. The van der Waals surface area contributed by atoms with Gasteiger partial charge >= 0.3 is 0 Å². The van der Waals surface area contributed by atoms with E-state index >= 15 is 0 Å². The first-order valence-corrected chi connectivity index (χ1v) is 5.51. The molecule has 15 heavy (non-hydrogen) atoms. The zero-order valence-electron chi connectivity index (χ0n) is 10.1. The molecule has 1 atom stereocenters. The summed E-state index contributed by atoms with van der Waals surface area (Å²) >= 11 is 0. The fourth-order valence-corrected chi connectivity index (χ4v) is 1.24. The van der Waals surface area contributed by atoms with Gasteiger partial charge in [0.15, 0.2) is 0 Å². The normalized spacial score (nSPS) is 20.2. The second-order valence-corrected chi connectivity index (χ2v) is 5.67. The van der Waals surface area contributed by atoms with Crippen LogP contribution in [0.15, 0.2) is 0 Å². The highest BCUT2D eigenvalue weighted by Crippen LogP contribution is 2.45. The number of hydrogen-bond donors (Lipinski definition) is 1. The van der Waals surface area contributed by atoms with E-state index in [9.17, 15) is 4.79 Å². The third-order valence-electron chi connectivity index (χ3n) is 3.45. The Labute approximate surface area is 91.9 Å². The topological polar surface area (TPSA) is 52.9 Å². The second-order valence-electron chi connectivity index (χ2n) is 5.67. The predicted molar refractivity (Wildman–Crippen MR) is 58.9 cm³/mol. The van der Waals surface area contributed by atoms with Crippen LogP contribution in [0.25, 0.3) is 0 Å². The third kappa shape index (κ3) is 2.71. The van der Waals surface area contributed by atoms with E-state index < -0.39 is 5.41 Å². The Bertz CT molecular complexity index is 292. The molecule has 0 aromatic carbocycles. The predicted octanol–water partition coefficient (Wildman–Crippen LogP) is 2.09. The average molecular weight is 208 g/mol. The molecule has 1 fully saturated rings. The van der Waals surface area contributed by atoms with Crippen molar-refractivity contribution in [2.24, 2.45) is 16.7 Å². The van der Waals surface area contributed by atoms with Gasteiger partial charge in [-0.25, -0.2) is 0 Å². The van der Waals surface area contributed by atoms with Crippen LogP contribution in [0.5, 0.6) is 0 Å². The lowest BCUT2D eigenvalue weighted by Gasteiger charge is -2.27. The number of nitrogens with one attached hydrogen (secondary N) is 1. The lowest BCUT2D eigenvalue weighted by molar-refractivity contribution is -0.124. The minimum Gasteiger partial charge on any atom is -0.354 e. The maximum Gasteiger partial charge on any atom is 0.240 e. The summed E-state index contributed by atoms with van der Waals surface area (Å²) in [4.78, 5) is 11.7. The molecular weight excluding hydrogens is 188 g/mol. The first kappa shape index (κ1) is 12.0. The standard InChI is InChI=1S/C12H20N2O/c1-9(11(2,3)4)7-14-10(15)12(8-13)5-6-12/h9H,5-7H2,1-4H3,(H,14,15). The molecule has 1 aliphatic carbocycles. The van der Waals surface area contributed by atoms with Crippen molar-refractivity contribution in [2.75, 3.05) is 6.54 Å².